The molecule has 0 spiro atoms. The van der Waals surface area contributed by atoms with Gasteiger partial charge in [-0.2, -0.15) is 11.8 Å². The second-order valence-electron chi connectivity index (χ2n) is 4.98. The molecule has 0 saturated carbocycles. The van der Waals surface area contributed by atoms with Crippen molar-refractivity contribution < 1.29 is 4.79 Å². The molecule has 2 rings (SSSR count). The van der Waals surface area contributed by atoms with Crippen molar-refractivity contribution >= 4 is 30.1 Å². The highest BCUT2D eigenvalue weighted by Crippen LogP contribution is 2.12. The third-order valence-electron chi connectivity index (χ3n) is 3.31. The molecule has 1 atom stereocenters. The van der Waals surface area contributed by atoms with E-state index in [0.717, 1.165) is 37.4 Å². The summed E-state index contributed by atoms with van der Waals surface area (Å²) in [6.07, 6.45) is 2.09. The smallest absolute Gasteiger partial charge is 0.237 e. The largest absolute Gasteiger partial charge is 0.354 e. The van der Waals surface area contributed by atoms with Gasteiger partial charge in [0.15, 0.2) is 0 Å². The van der Waals surface area contributed by atoms with Gasteiger partial charge in [0.05, 0.1) is 6.04 Å². The Labute approximate surface area is 131 Å². The zero-order valence-electron chi connectivity index (χ0n) is 11.9. The fourth-order valence-electron chi connectivity index (χ4n) is 2.15. The van der Waals surface area contributed by atoms with Gasteiger partial charge in [0.25, 0.3) is 0 Å². The highest BCUT2D eigenvalue weighted by molar-refractivity contribution is 7.98. The minimum absolute atomic E-state index is 0. The van der Waals surface area contributed by atoms with Gasteiger partial charge in [0.2, 0.25) is 5.91 Å². The zero-order chi connectivity index (χ0) is 13.5. The Bertz CT molecular complexity index is 405. The van der Waals surface area contributed by atoms with Crippen LogP contribution in [0.15, 0.2) is 24.3 Å². The highest BCUT2D eigenvalue weighted by atomic mass is 35.5. The molecular formula is C15H23ClN2OS. The maximum atomic E-state index is 11.7. The molecule has 5 heteroatoms. The number of carbonyl (C=O) groups is 1. The standard InChI is InChI=1S/C15H22N2OS.ClH/c1-12-4-6-13(7-5-12)11-19-10-9-17-15(18)14-3-2-8-16-14;/h4-7,14,16H,2-3,8-11H2,1H3,(H,17,18);1H. The molecular weight excluding hydrogens is 292 g/mol. The molecule has 1 aromatic carbocycles. The molecule has 20 heavy (non-hydrogen) atoms. The molecule has 1 aliphatic rings. The molecule has 1 aliphatic heterocycles. The summed E-state index contributed by atoms with van der Waals surface area (Å²) < 4.78 is 0. The first-order valence-electron chi connectivity index (χ1n) is 6.90. The van der Waals surface area contributed by atoms with Crippen LogP contribution in [0.1, 0.15) is 24.0 Å². The van der Waals surface area contributed by atoms with E-state index < -0.39 is 0 Å². The van der Waals surface area contributed by atoms with Crippen LogP contribution in [0, 0.1) is 6.92 Å². The summed E-state index contributed by atoms with van der Waals surface area (Å²) >= 11 is 1.86. The number of hydrogen-bond acceptors (Lipinski definition) is 3. The summed E-state index contributed by atoms with van der Waals surface area (Å²) in [4.78, 5) is 11.7. The van der Waals surface area contributed by atoms with Crippen molar-refractivity contribution in [2.75, 3.05) is 18.8 Å². The van der Waals surface area contributed by atoms with Crippen LogP contribution in [0.2, 0.25) is 0 Å². The Balaban J connectivity index is 0.00000200. The average molecular weight is 315 g/mol. The predicted molar refractivity (Wildman–Crippen MR) is 88.6 cm³/mol. The Kier molecular flexibility index (Phi) is 8.04. The van der Waals surface area contributed by atoms with E-state index in [2.05, 4.69) is 41.8 Å². The van der Waals surface area contributed by atoms with Crippen molar-refractivity contribution in [2.45, 2.75) is 31.6 Å². The summed E-state index contributed by atoms with van der Waals surface area (Å²) in [6.45, 7) is 3.83. The van der Waals surface area contributed by atoms with Crippen LogP contribution in [0.5, 0.6) is 0 Å². The summed E-state index contributed by atoms with van der Waals surface area (Å²) in [5.41, 5.74) is 2.64. The summed E-state index contributed by atoms with van der Waals surface area (Å²) in [5.74, 6) is 2.14. The van der Waals surface area contributed by atoms with Crippen molar-refractivity contribution in [3.05, 3.63) is 35.4 Å². The van der Waals surface area contributed by atoms with Crippen LogP contribution in [0.3, 0.4) is 0 Å². The lowest BCUT2D eigenvalue weighted by Gasteiger charge is -2.10. The van der Waals surface area contributed by atoms with Gasteiger partial charge in [-0.1, -0.05) is 29.8 Å². The molecule has 1 amide bonds. The maximum Gasteiger partial charge on any atom is 0.237 e. The van der Waals surface area contributed by atoms with Crippen LogP contribution in [-0.4, -0.2) is 30.8 Å². The van der Waals surface area contributed by atoms with Gasteiger partial charge < -0.3 is 10.6 Å². The molecule has 1 saturated heterocycles. The van der Waals surface area contributed by atoms with Crippen LogP contribution < -0.4 is 10.6 Å². The van der Waals surface area contributed by atoms with Crippen molar-refractivity contribution in [1.29, 1.82) is 0 Å². The SMILES string of the molecule is Cc1ccc(CSCCNC(=O)C2CCCN2)cc1.Cl. The molecule has 0 bridgehead atoms. The summed E-state index contributed by atoms with van der Waals surface area (Å²) in [5, 5.41) is 6.21. The first kappa shape index (κ1) is 17.3. The number of carbonyl (C=O) groups excluding carboxylic acids is 1. The topological polar surface area (TPSA) is 41.1 Å². The van der Waals surface area contributed by atoms with Gasteiger partial charge in [-0.05, 0) is 31.9 Å². The molecule has 0 aromatic heterocycles. The van der Waals surface area contributed by atoms with E-state index >= 15 is 0 Å². The summed E-state index contributed by atoms with van der Waals surface area (Å²) in [7, 11) is 0. The molecule has 112 valence electrons. The van der Waals surface area contributed by atoms with Crippen molar-refractivity contribution in [3.63, 3.8) is 0 Å². The fraction of sp³-hybridized carbons (Fsp3) is 0.533. The van der Waals surface area contributed by atoms with E-state index in [-0.39, 0.29) is 24.4 Å². The van der Waals surface area contributed by atoms with Gasteiger partial charge in [0.1, 0.15) is 0 Å². The normalized spacial score (nSPS) is 17.6. The first-order valence-corrected chi connectivity index (χ1v) is 8.05. The van der Waals surface area contributed by atoms with Crippen molar-refractivity contribution in [3.8, 4) is 0 Å². The Morgan fingerprint density at radius 3 is 2.80 bits per heavy atom. The first-order chi connectivity index (χ1) is 9.25. The van der Waals surface area contributed by atoms with E-state index in [1.165, 1.54) is 11.1 Å². The van der Waals surface area contributed by atoms with Crippen LogP contribution in [0.25, 0.3) is 0 Å². The Morgan fingerprint density at radius 1 is 1.40 bits per heavy atom. The van der Waals surface area contributed by atoms with E-state index in [1.807, 2.05) is 11.8 Å². The predicted octanol–water partition coefficient (Wildman–Crippen LogP) is 2.52. The highest BCUT2D eigenvalue weighted by Gasteiger charge is 2.20. The van der Waals surface area contributed by atoms with Gasteiger partial charge in [-0.25, -0.2) is 0 Å². The van der Waals surface area contributed by atoms with E-state index in [9.17, 15) is 4.79 Å². The van der Waals surface area contributed by atoms with Crippen molar-refractivity contribution in [2.24, 2.45) is 0 Å². The van der Waals surface area contributed by atoms with Crippen LogP contribution in [-0.2, 0) is 10.5 Å². The number of hydrogen-bond donors (Lipinski definition) is 2. The number of nitrogens with one attached hydrogen (secondary N) is 2. The van der Waals surface area contributed by atoms with Crippen LogP contribution >= 0.6 is 24.2 Å². The number of aryl methyl sites for hydroxylation is 1. The van der Waals surface area contributed by atoms with E-state index in [4.69, 9.17) is 0 Å². The number of halogens is 1. The lowest BCUT2D eigenvalue weighted by molar-refractivity contribution is -0.122. The molecule has 1 aromatic rings. The quantitative estimate of drug-likeness (QED) is 0.793. The second-order valence-corrected chi connectivity index (χ2v) is 6.08. The average Bonchev–Trinajstić information content (AvgIpc) is 2.94. The van der Waals surface area contributed by atoms with E-state index in [1.54, 1.807) is 0 Å². The van der Waals surface area contributed by atoms with Crippen LogP contribution in [0.4, 0.5) is 0 Å². The number of rotatable bonds is 6. The molecule has 1 unspecified atom stereocenters. The minimum atomic E-state index is 0. The molecule has 0 aliphatic carbocycles. The summed E-state index contributed by atoms with van der Waals surface area (Å²) in [6, 6.07) is 8.67. The molecule has 2 N–H and O–H groups in total. The van der Waals surface area contributed by atoms with Gasteiger partial charge in [-0.3, -0.25) is 4.79 Å². The lowest BCUT2D eigenvalue weighted by atomic mass is 10.2. The number of amides is 1. The monoisotopic (exact) mass is 314 g/mol. The molecule has 1 heterocycles. The lowest BCUT2D eigenvalue weighted by Crippen LogP contribution is -2.41. The minimum Gasteiger partial charge on any atom is -0.354 e. The Morgan fingerprint density at radius 2 is 2.15 bits per heavy atom. The van der Waals surface area contributed by atoms with Crippen molar-refractivity contribution in [1.82, 2.24) is 10.6 Å². The maximum absolute atomic E-state index is 11.7. The molecule has 0 radical (unpaired) electrons. The molecule has 3 nitrogen and oxygen atoms in total. The van der Waals surface area contributed by atoms with Gasteiger partial charge in [0, 0.05) is 18.1 Å². The third-order valence-corrected chi connectivity index (χ3v) is 4.34. The number of benzene rings is 1. The second kappa shape index (κ2) is 9.27. The number of thioether (sulfide) groups is 1. The Hall–Kier alpha value is -0.710. The fourth-order valence-corrected chi connectivity index (χ4v) is 2.97. The van der Waals surface area contributed by atoms with Gasteiger partial charge in [-0.15, -0.1) is 12.4 Å². The van der Waals surface area contributed by atoms with Gasteiger partial charge >= 0.3 is 0 Å². The third kappa shape index (κ3) is 5.73. The van der Waals surface area contributed by atoms with E-state index in [0.29, 0.717) is 0 Å². The zero-order valence-corrected chi connectivity index (χ0v) is 13.5. The molecule has 1 fully saturated rings.